The number of amides is 2. The van der Waals surface area contributed by atoms with Crippen LogP contribution < -0.4 is 15.0 Å². The number of piperazine rings is 1. The number of nitrogens with zero attached hydrogens (tertiary/aromatic N) is 2. The molecule has 0 saturated carbocycles. The maximum absolute atomic E-state index is 12.3. The fourth-order valence-corrected chi connectivity index (χ4v) is 2.95. The van der Waals surface area contributed by atoms with Crippen LogP contribution in [0.3, 0.4) is 0 Å². The molecule has 1 N–H and O–H groups in total. The summed E-state index contributed by atoms with van der Waals surface area (Å²) in [6.07, 6.45) is 0.259. The predicted octanol–water partition coefficient (Wildman–Crippen LogP) is 0.858. The number of carbonyl (C=O) groups is 3. The lowest BCUT2D eigenvalue weighted by atomic mass is 10.1. The summed E-state index contributed by atoms with van der Waals surface area (Å²) >= 11 is 0. The second-order valence-electron chi connectivity index (χ2n) is 5.95. The van der Waals surface area contributed by atoms with Gasteiger partial charge in [-0.3, -0.25) is 14.4 Å². The van der Waals surface area contributed by atoms with Gasteiger partial charge < -0.3 is 19.9 Å². The summed E-state index contributed by atoms with van der Waals surface area (Å²) < 4.78 is 5.42. The van der Waals surface area contributed by atoms with Crippen LogP contribution in [0.25, 0.3) is 0 Å². The highest BCUT2D eigenvalue weighted by Gasteiger charge is 2.27. The van der Waals surface area contributed by atoms with Gasteiger partial charge in [0, 0.05) is 44.7 Å². The number of hydrogen-bond acceptors (Lipinski definition) is 5. The Kier molecular flexibility index (Phi) is 6.39. The van der Waals surface area contributed by atoms with Crippen molar-refractivity contribution in [3.63, 3.8) is 0 Å². The van der Waals surface area contributed by atoms with Crippen LogP contribution in [-0.4, -0.2) is 61.8 Å². The SMILES string of the molecule is CC(=O)c1ccc2c(c1)N(CCC(=O)N1CCNCC1)C(=O)CO2.Cl. The zero-order valence-corrected chi connectivity index (χ0v) is 14.9. The molecule has 1 aromatic rings. The summed E-state index contributed by atoms with van der Waals surface area (Å²) in [6, 6.07) is 5.04. The highest BCUT2D eigenvalue weighted by molar-refractivity contribution is 6.01. The van der Waals surface area contributed by atoms with E-state index in [1.165, 1.54) is 6.92 Å². The van der Waals surface area contributed by atoms with E-state index in [-0.39, 0.29) is 43.0 Å². The number of ketones is 1. The van der Waals surface area contributed by atoms with Crippen molar-refractivity contribution in [1.29, 1.82) is 0 Å². The molecule has 7 nitrogen and oxygen atoms in total. The van der Waals surface area contributed by atoms with E-state index < -0.39 is 0 Å². The molecule has 1 fully saturated rings. The second kappa shape index (κ2) is 8.31. The van der Waals surface area contributed by atoms with Crippen molar-refractivity contribution >= 4 is 35.7 Å². The number of nitrogens with one attached hydrogen (secondary N) is 1. The number of fused-ring (bicyclic) bond motifs is 1. The Morgan fingerprint density at radius 2 is 1.96 bits per heavy atom. The van der Waals surface area contributed by atoms with Crippen LogP contribution >= 0.6 is 12.4 Å². The maximum Gasteiger partial charge on any atom is 0.265 e. The first-order valence-electron chi connectivity index (χ1n) is 8.13. The average molecular weight is 368 g/mol. The van der Waals surface area contributed by atoms with Crippen molar-refractivity contribution in [3.8, 4) is 5.75 Å². The minimum atomic E-state index is -0.198. The fraction of sp³-hybridized carbons (Fsp3) is 0.471. The molecule has 1 saturated heterocycles. The Balaban J connectivity index is 0.00000225. The van der Waals surface area contributed by atoms with Gasteiger partial charge >= 0.3 is 0 Å². The first-order chi connectivity index (χ1) is 11.6. The number of anilines is 1. The summed E-state index contributed by atoms with van der Waals surface area (Å²) in [5.41, 5.74) is 1.08. The first kappa shape index (κ1) is 19.2. The van der Waals surface area contributed by atoms with Gasteiger partial charge in [-0.15, -0.1) is 12.4 Å². The second-order valence-corrected chi connectivity index (χ2v) is 5.95. The molecule has 2 amide bonds. The van der Waals surface area contributed by atoms with Crippen molar-refractivity contribution in [2.45, 2.75) is 13.3 Å². The molecule has 0 bridgehead atoms. The molecule has 2 aliphatic rings. The first-order valence-corrected chi connectivity index (χ1v) is 8.13. The average Bonchev–Trinajstić information content (AvgIpc) is 2.60. The quantitative estimate of drug-likeness (QED) is 0.798. The van der Waals surface area contributed by atoms with E-state index in [0.717, 1.165) is 13.1 Å². The standard InChI is InChI=1S/C17H21N3O4.ClH/c1-12(21)13-2-3-15-14(10-13)20(17(23)11-24-15)7-4-16(22)19-8-5-18-6-9-19;/h2-3,10,18H,4-9,11H2,1H3;1H. The van der Waals surface area contributed by atoms with Gasteiger partial charge in [-0.2, -0.15) is 0 Å². The number of hydrogen-bond donors (Lipinski definition) is 1. The molecule has 0 radical (unpaired) electrons. The van der Waals surface area contributed by atoms with Gasteiger partial charge in [0.25, 0.3) is 5.91 Å². The zero-order valence-electron chi connectivity index (χ0n) is 14.1. The molecule has 3 rings (SSSR count). The molecular weight excluding hydrogens is 346 g/mol. The van der Waals surface area contributed by atoms with Gasteiger partial charge in [-0.05, 0) is 25.1 Å². The highest BCUT2D eigenvalue weighted by atomic mass is 35.5. The molecule has 2 aliphatic heterocycles. The van der Waals surface area contributed by atoms with E-state index in [1.54, 1.807) is 23.1 Å². The number of Topliss-reactive ketones (excluding diaryl/α,β-unsaturated/α-hetero) is 1. The summed E-state index contributed by atoms with van der Waals surface area (Å²) in [6.45, 7) is 4.71. The summed E-state index contributed by atoms with van der Waals surface area (Å²) in [5, 5.41) is 3.21. The molecule has 2 heterocycles. The van der Waals surface area contributed by atoms with E-state index in [1.807, 2.05) is 4.90 Å². The summed E-state index contributed by atoms with van der Waals surface area (Å²) in [5.74, 6) is 0.332. The number of ether oxygens (including phenoxy) is 1. The zero-order chi connectivity index (χ0) is 17.1. The van der Waals surface area contributed by atoms with Gasteiger partial charge in [-0.25, -0.2) is 0 Å². The van der Waals surface area contributed by atoms with Crippen LogP contribution in [0.2, 0.25) is 0 Å². The van der Waals surface area contributed by atoms with Crippen LogP contribution in [0.4, 0.5) is 5.69 Å². The minimum Gasteiger partial charge on any atom is -0.482 e. The Bertz CT molecular complexity index is 674. The Labute approximate surface area is 152 Å². The Hall–Kier alpha value is -2.12. The lowest BCUT2D eigenvalue weighted by molar-refractivity contribution is -0.131. The van der Waals surface area contributed by atoms with Gasteiger partial charge in [0.1, 0.15) is 5.75 Å². The third kappa shape index (κ3) is 4.29. The van der Waals surface area contributed by atoms with Crippen molar-refractivity contribution in [3.05, 3.63) is 23.8 Å². The molecule has 0 aliphatic carbocycles. The predicted molar refractivity (Wildman–Crippen MR) is 95.6 cm³/mol. The van der Waals surface area contributed by atoms with E-state index >= 15 is 0 Å². The normalized spacial score (nSPS) is 16.6. The van der Waals surface area contributed by atoms with Crippen molar-refractivity contribution in [1.82, 2.24) is 10.2 Å². The molecule has 0 aromatic heterocycles. The molecule has 1 aromatic carbocycles. The number of benzene rings is 1. The topological polar surface area (TPSA) is 79.0 Å². The van der Waals surface area contributed by atoms with E-state index in [0.29, 0.717) is 36.6 Å². The molecule has 0 atom stereocenters. The molecule has 8 heteroatoms. The van der Waals surface area contributed by atoms with Gasteiger partial charge in [-0.1, -0.05) is 0 Å². The van der Waals surface area contributed by atoms with Gasteiger partial charge in [0.05, 0.1) is 5.69 Å². The molecule has 25 heavy (non-hydrogen) atoms. The van der Waals surface area contributed by atoms with Crippen LogP contribution in [0.1, 0.15) is 23.7 Å². The van der Waals surface area contributed by atoms with Crippen molar-refractivity contribution in [2.24, 2.45) is 0 Å². The van der Waals surface area contributed by atoms with Gasteiger partial charge in [0.15, 0.2) is 12.4 Å². The monoisotopic (exact) mass is 367 g/mol. The van der Waals surface area contributed by atoms with Crippen LogP contribution in [-0.2, 0) is 9.59 Å². The third-order valence-electron chi connectivity index (χ3n) is 4.33. The van der Waals surface area contributed by atoms with Crippen molar-refractivity contribution in [2.75, 3.05) is 44.2 Å². The molecule has 0 spiro atoms. The summed E-state index contributed by atoms with van der Waals surface area (Å²) in [4.78, 5) is 39.5. The Morgan fingerprint density at radius 1 is 1.24 bits per heavy atom. The van der Waals surface area contributed by atoms with Crippen molar-refractivity contribution < 1.29 is 19.1 Å². The number of carbonyl (C=O) groups excluding carboxylic acids is 3. The van der Waals surface area contributed by atoms with E-state index in [9.17, 15) is 14.4 Å². The van der Waals surface area contributed by atoms with Crippen LogP contribution in [0.15, 0.2) is 18.2 Å². The van der Waals surface area contributed by atoms with Crippen LogP contribution in [0.5, 0.6) is 5.75 Å². The molecule has 136 valence electrons. The minimum absolute atomic E-state index is 0. The number of halogens is 1. The smallest absolute Gasteiger partial charge is 0.265 e. The molecule has 0 unspecified atom stereocenters. The molecular formula is C17H22ClN3O4. The van der Waals surface area contributed by atoms with Gasteiger partial charge in [0.2, 0.25) is 5.91 Å². The van der Waals surface area contributed by atoms with E-state index in [4.69, 9.17) is 4.74 Å². The summed E-state index contributed by atoms with van der Waals surface area (Å²) in [7, 11) is 0. The van der Waals surface area contributed by atoms with Crippen LogP contribution in [0, 0.1) is 0 Å². The largest absolute Gasteiger partial charge is 0.482 e. The fourth-order valence-electron chi connectivity index (χ4n) is 2.95. The number of rotatable bonds is 4. The maximum atomic E-state index is 12.3. The lowest BCUT2D eigenvalue weighted by Crippen LogP contribution is -2.48. The van der Waals surface area contributed by atoms with E-state index in [2.05, 4.69) is 5.32 Å². The lowest BCUT2D eigenvalue weighted by Gasteiger charge is -2.31. The third-order valence-corrected chi connectivity index (χ3v) is 4.33. The Morgan fingerprint density at radius 3 is 2.64 bits per heavy atom. The highest BCUT2D eigenvalue weighted by Crippen LogP contribution is 2.33.